The van der Waals surface area contributed by atoms with Gasteiger partial charge in [-0.15, -0.1) is 0 Å². The Balaban J connectivity index is 3.17. The highest BCUT2D eigenvalue weighted by Crippen LogP contribution is 2.30. The number of aromatic nitrogens is 2. The molecular weight excluding hydrogens is 226 g/mol. The summed E-state index contributed by atoms with van der Waals surface area (Å²) < 4.78 is 0. The van der Waals surface area contributed by atoms with Crippen LogP contribution in [0.2, 0.25) is 0 Å². The van der Waals surface area contributed by atoms with E-state index in [2.05, 4.69) is 62.0 Å². The van der Waals surface area contributed by atoms with Crippen molar-refractivity contribution in [2.45, 2.75) is 47.1 Å². The third-order valence-electron chi connectivity index (χ3n) is 3.58. The maximum absolute atomic E-state index is 5.50. The maximum atomic E-state index is 5.50. The van der Waals surface area contributed by atoms with Crippen molar-refractivity contribution in [3.63, 3.8) is 0 Å². The highest BCUT2D eigenvalue weighted by atomic mass is 15.3. The molecule has 0 aliphatic heterocycles. The second-order valence-corrected chi connectivity index (χ2v) is 5.68. The average molecular weight is 251 g/mol. The number of hydrogen-bond donors (Lipinski definition) is 2. The maximum Gasteiger partial charge on any atom is 0.148 e. The molecule has 0 saturated heterocycles. The highest BCUT2D eigenvalue weighted by Gasteiger charge is 2.26. The number of rotatable bonds is 4. The van der Waals surface area contributed by atoms with E-state index in [-0.39, 0.29) is 5.41 Å². The van der Waals surface area contributed by atoms with E-state index in [1.165, 1.54) is 0 Å². The van der Waals surface area contributed by atoms with Gasteiger partial charge in [-0.25, -0.2) is 15.8 Å². The molecule has 0 spiro atoms. The van der Waals surface area contributed by atoms with Gasteiger partial charge < -0.3 is 10.3 Å². The Hall–Kier alpha value is -1.36. The van der Waals surface area contributed by atoms with Gasteiger partial charge in [0, 0.05) is 18.7 Å². The van der Waals surface area contributed by atoms with Crippen molar-refractivity contribution in [1.82, 2.24) is 9.97 Å². The molecule has 1 aromatic heterocycles. The SMILES string of the molecule is CCc1c(NN)ncnc1N(C)C(C)C(C)(C)C. The van der Waals surface area contributed by atoms with Crippen LogP contribution >= 0.6 is 0 Å². The van der Waals surface area contributed by atoms with E-state index in [0.717, 1.165) is 17.8 Å². The van der Waals surface area contributed by atoms with Gasteiger partial charge in [-0.05, 0) is 18.8 Å². The molecule has 0 aliphatic carbocycles. The minimum atomic E-state index is 0.182. The zero-order chi connectivity index (χ0) is 13.9. The highest BCUT2D eigenvalue weighted by molar-refractivity contribution is 5.58. The Morgan fingerprint density at radius 3 is 2.44 bits per heavy atom. The predicted octanol–water partition coefficient (Wildman–Crippen LogP) is 2.20. The van der Waals surface area contributed by atoms with E-state index in [0.29, 0.717) is 11.9 Å². The van der Waals surface area contributed by atoms with Crippen LogP contribution in [0.4, 0.5) is 11.6 Å². The van der Waals surface area contributed by atoms with Crippen LogP contribution in [-0.4, -0.2) is 23.1 Å². The van der Waals surface area contributed by atoms with Crippen LogP contribution in [0.25, 0.3) is 0 Å². The summed E-state index contributed by atoms with van der Waals surface area (Å²) in [6.07, 6.45) is 2.40. The molecular formula is C13H25N5. The van der Waals surface area contributed by atoms with Gasteiger partial charge in [-0.3, -0.25) is 0 Å². The zero-order valence-corrected chi connectivity index (χ0v) is 12.3. The van der Waals surface area contributed by atoms with Crippen LogP contribution in [0.5, 0.6) is 0 Å². The van der Waals surface area contributed by atoms with Crippen molar-refractivity contribution in [1.29, 1.82) is 0 Å². The number of hydrazine groups is 1. The first-order valence-corrected chi connectivity index (χ1v) is 6.36. The summed E-state index contributed by atoms with van der Waals surface area (Å²) in [6.45, 7) is 11.0. The van der Waals surface area contributed by atoms with Crippen LogP contribution in [0.3, 0.4) is 0 Å². The molecule has 1 rings (SSSR count). The Morgan fingerprint density at radius 2 is 2.00 bits per heavy atom. The molecule has 1 aromatic rings. The standard InChI is InChI=1S/C13H25N5/c1-7-10-11(17-14)15-8-16-12(10)18(6)9(2)13(3,4)5/h8-9H,7,14H2,1-6H3,(H,15,16,17). The van der Waals surface area contributed by atoms with Crippen LogP contribution < -0.4 is 16.2 Å². The van der Waals surface area contributed by atoms with Crippen LogP contribution in [0.15, 0.2) is 6.33 Å². The molecule has 3 N–H and O–H groups in total. The summed E-state index contributed by atoms with van der Waals surface area (Å²) in [7, 11) is 2.07. The van der Waals surface area contributed by atoms with E-state index in [1.807, 2.05) is 0 Å². The first kappa shape index (κ1) is 14.7. The van der Waals surface area contributed by atoms with E-state index in [4.69, 9.17) is 5.84 Å². The number of nitrogens with two attached hydrogens (primary N) is 1. The molecule has 102 valence electrons. The lowest BCUT2D eigenvalue weighted by Crippen LogP contribution is -2.40. The summed E-state index contributed by atoms with van der Waals surface area (Å²) >= 11 is 0. The van der Waals surface area contributed by atoms with Crippen LogP contribution in [-0.2, 0) is 6.42 Å². The van der Waals surface area contributed by atoms with Crippen molar-refractivity contribution >= 4 is 11.6 Å². The molecule has 1 heterocycles. The molecule has 18 heavy (non-hydrogen) atoms. The Morgan fingerprint density at radius 1 is 1.39 bits per heavy atom. The summed E-state index contributed by atoms with van der Waals surface area (Å²) in [5, 5.41) is 0. The smallest absolute Gasteiger partial charge is 0.148 e. The molecule has 1 unspecified atom stereocenters. The van der Waals surface area contributed by atoms with E-state index in [9.17, 15) is 0 Å². The third kappa shape index (κ3) is 2.90. The number of nitrogens with zero attached hydrogens (tertiary/aromatic N) is 3. The molecule has 0 bridgehead atoms. The fraction of sp³-hybridized carbons (Fsp3) is 0.692. The summed E-state index contributed by atoms with van der Waals surface area (Å²) in [5.74, 6) is 7.15. The van der Waals surface area contributed by atoms with Gasteiger partial charge in [-0.2, -0.15) is 0 Å². The fourth-order valence-corrected chi connectivity index (χ4v) is 1.92. The Kier molecular flexibility index (Phi) is 4.51. The topological polar surface area (TPSA) is 67.1 Å². The minimum absolute atomic E-state index is 0.182. The van der Waals surface area contributed by atoms with Gasteiger partial charge in [0.15, 0.2) is 0 Å². The molecule has 0 aliphatic rings. The van der Waals surface area contributed by atoms with Gasteiger partial charge in [-0.1, -0.05) is 27.7 Å². The van der Waals surface area contributed by atoms with Crippen LogP contribution in [0, 0.1) is 5.41 Å². The minimum Gasteiger partial charge on any atom is -0.356 e. The lowest BCUT2D eigenvalue weighted by atomic mass is 9.87. The quantitative estimate of drug-likeness (QED) is 0.634. The number of nitrogens with one attached hydrogen (secondary N) is 1. The molecule has 0 radical (unpaired) electrons. The molecule has 0 aromatic carbocycles. The van der Waals surface area contributed by atoms with Crippen molar-refractivity contribution in [3.8, 4) is 0 Å². The van der Waals surface area contributed by atoms with Crippen molar-refractivity contribution in [3.05, 3.63) is 11.9 Å². The van der Waals surface area contributed by atoms with E-state index in [1.54, 1.807) is 6.33 Å². The second kappa shape index (κ2) is 5.52. The lowest BCUT2D eigenvalue weighted by Gasteiger charge is -2.37. The first-order chi connectivity index (χ1) is 8.32. The van der Waals surface area contributed by atoms with Gasteiger partial charge in [0.05, 0.1) is 0 Å². The summed E-state index contributed by atoms with van der Waals surface area (Å²) in [4.78, 5) is 10.8. The molecule has 5 heteroatoms. The van der Waals surface area contributed by atoms with Crippen LogP contribution in [0.1, 0.15) is 40.2 Å². The predicted molar refractivity (Wildman–Crippen MR) is 76.5 cm³/mol. The average Bonchev–Trinajstić information content (AvgIpc) is 2.34. The largest absolute Gasteiger partial charge is 0.356 e. The fourth-order valence-electron chi connectivity index (χ4n) is 1.92. The monoisotopic (exact) mass is 251 g/mol. The molecule has 1 atom stereocenters. The molecule has 0 amide bonds. The number of hydrogen-bond acceptors (Lipinski definition) is 5. The van der Waals surface area contributed by atoms with Gasteiger partial charge >= 0.3 is 0 Å². The summed E-state index contributed by atoms with van der Waals surface area (Å²) in [6, 6.07) is 0.364. The van der Waals surface area contributed by atoms with Gasteiger partial charge in [0.25, 0.3) is 0 Å². The number of nitrogen functional groups attached to an aromatic ring is 1. The van der Waals surface area contributed by atoms with E-state index >= 15 is 0 Å². The Bertz CT molecular complexity index is 397. The number of anilines is 2. The lowest BCUT2D eigenvalue weighted by molar-refractivity contribution is 0.328. The molecule has 0 fully saturated rings. The molecule has 0 saturated carbocycles. The molecule has 5 nitrogen and oxygen atoms in total. The first-order valence-electron chi connectivity index (χ1n) is 6.36. The van der Waals surface area contributed by atoms with Crippen molar-refractivity contribution < 1.29 is 0 Å². The van der Waals surface area contributed by atoms with Crippen molar-refractivity contribution in [2.24, 2.45) is 11.3 Å². The second-order valence-electron chi connectivity index (χ2n) is 5.68. The normalized spacial score (nSPS) is 13.3. The third-order valence-corrected chi connectivity index (χ3v) is 3.58. The Labute approximate surface area is 110 Å². The zero-order valence-electron chi connectivity index (χ0n) is 12.3. The van der Waals surface area contributed by atoms with Gasteiger partial charge in [0.1, 0.15) is 18.0 Å². The van der Waals surface area contributed by atoms with E-state index < -0.39 is 0 Å². The van der Waals surface area contributed by atoms with Gasteiger partial charge in [0.2, 0.25) is 0 Å². The van der Waals surface area contributed by atoms with Crippen molar-refractivity contribution in [2.75, 3.05) is 17.4 Å². The summed E-state index contributed by atoms with van der Waals surface area (Å²) in [5.41, 5.74) is 3.88.